The number of hydrogen-bond donors (Lipinski definition) is 2. The maximum atomic E-state index is 14.1. The highest BCUT2D eigenvalue weighted by Crippen LogP contribution is 2.41. The van der Waals surface area contributed by atoms with Gasteiger partial charge in [-0.25, -0.2) is 13.2 Å². The topological polar surface area (TPSA) is 51.4 Å². The van der Waals surface area contributed by atoms with Crippen LogP contribution >= 0.6 is 0 Å². The van der Waals surface area contributed by atoms with Gasteiger partial charge in [0.2, 0.25) is 0 Å². The monoisotopic (exact) mass is 470 g/mol. The van der Waals surface area contributed by atoms with E-state index in [-0.39, 0.29) is 23.7 Å². The second kappa shape index (κ2) is 8.98. The molecule has 2 aliphatic rings. The van der Waals surface area contributed by atoms with Crippen LogP contribution in [0.1, 0.15) is 35.3 Å². The molecule has 2 aliphatic heterocycles. The van der Waals surface area contributed by atoms with E-state index in [4.69, 9.17) is 0 Å². The van der Waals surface area contributed by atoms with Gasteiger partial charge in [-0.15, -0.1) is 0 Å². The van der Waals surface area contributed by atoms with E-state index in [0.717, 1.165) is 56.7 Å². The van der Waals surface area contributed by atoms with Gasteiger partial charge in [0, 0.05) is 36.4 Å². The Balaban J connectivity index is 1.24. The van der Waals surface area contributed by atoms with Crippen molar-refractivity contribution in [2.24, 2.45) is 5.41 Å². The Morgan fingerprint density at radius 2 is 1.88 bits per heavy atom. The highest BCUT2D eigenvalue weighted by Gasteiger charge is 2.41. The molecule has 1 amide bonds. The number of fused-ring (bicyclic) bond motifs is 1. The van der Waals surface area contributed by atoms with E-state index >= 15 is 0 Å². The summed E-state index contributed by atoms with van der Waals surface area (Å²) in [6, 6.07) is 12.3. The number of carbonyl (C=O) groups is 1. The molecule has 2 fully saturated rings. The third kappa shape index (κ3) is 4.51. The number of aromatic nitrogens is 1. The number of piperidine rings is 1. The number of rotatable bonds is 5. The van der Waals surface area contributed by atoms with Crippen molar-refractivity contribution in [2.75, 3.05) is 42.9 Å². The smallest absolute Gasteiger partial charge is 0.272 e. The Morgan fingerprint density at radius 3 is 2.62 bits per heavy atom. The zero-order valence-corrected chi connectivity index (χ0v) is 19.2. The number of H-pyrrole nitrogens is 1. The van der Waals surface area contributed by atoms with E-state index in [1.54, 1.807) is 12.1 Å². The molecule has 0 saturated carbocycles. The number of aromatic amines is 1. The Kier molecular flexibility index (Phi) is 6.02. The van der Waals surface area contributed by atoms with Gasteiger partial charge in [0.15, 0.2) is 0 Å². The second-order valence-electron chi connectivity index (χ2n) is 9.70. The Bertz CT molecular complexity index is 1160. The lowest BCUT2D eigenvalue weighted by atomic mass is 9.77. The molecule has 0 aliphatic carbocycles. The number of aryl methyl sites for hydroxylation is 1. The average molecular weight is 471 g/mol. The van der Waals surface area contributed by atoms with Crippen molar-refractivity contribution < 1.29 is 18.0 Å². The number of likely N-dealkylation sites (tertiary alicyclic amines) is 1. The fraction of sp³-hybridized carbons (Fsp3) is 0.423. The lowest BCUT2D eigenvalue weighted by Gasteiger charge is -2.40. The van der Waals surface area contributed by atoms with Crippen molar-refractivity contribution in [2.45, 2.75) is 32.6 Å². The van der Waals surface area contributed by atoms with E-state index in [2.05, 4.69) is 15.2 Å². The van der Waals surface area contributed by atoms with Gasteiger partial charge in [-0.2, -0.15) is 0 Å². The van der Waals surface area contributed by atoms with Gasteiger partial charge in [-0.1, -0.05) is 12.1 Å². The van der Waals surface area contributed by atoms with Crippen LogP contribution in [0.25, 0.3) is 10.9 Å². The van der Waals surface area contributed by atoms with Crippen molar-refractivity contribution in [1.29, 1.82) is 0 Å². The van der Waals surface area contributed by atoms with E-state index in [1.807, 2.05) is 36.1 Å². The zero-order valence-electron chi connectivity index (χ0n) is 19.2. The third-order valence-corrected chi connectivity index (χ3v) is 7.40. The first-order valence-corrected chi connectivity index (χ1v) is 11.8. The second-order valence-corrected chi connectivity index (χ2v) is 9.70. The summed E-state index contributed by atoms with van der Waals surface area (Å²) >= 11 is 0. The van der Waals surface area contributed by atoms with Crippen molar-refractivity contribution in [3.8, 4) is 0 Å². The van der Waals surface area contributed by atoms with Crippen molar-refractivity contribution >= 4 is 28.2 Å². The van der Waals surface area contributed by atoms with Crippen molar-refractivity contribution in [1.82, 2.24) is 9.88 Å². The first kappa shape index (κ1) is 22.8. The van der Waals surface area contributed by atoms with Crippen LogP contribution in [0.3, 0.4) is 0 Å². The minimum atomic E-state index is -2.28. The molecule has 5 nitrogen and oxygen atoms in total. The first-order chi connectivity index (χ1) is 16.3. The molecule has 0 atom stereocenters. The largest absolute Gasteiger partial charge is 0.371 e. The fourth-order valence-electron chi connectivity index (χ4n) is 5.45. The van der Waals surface area contributed by atoms with Crippen LogP contribution in [0, 0.1) is 18.2 Å². The minimum absolute atomic E-state index is 0.129. The molecule has 0 unspecified atom stereocenters. The molecule has 1 spiro atoms. The predicted octanol–water partition coefficient (Wildman–Crippen LogP) is 5.43. The molecule has 2 N–H and O–H groups in total. The molecule has 3 aromatic rings. The molecule has 5 rings (SSSR count). The summed E-state index contributed by atoms with van der Waals surface area (Å²) in [5, 5.41) is 3.32. The van der Waals surface area contributed by atoms with E-state index in [0.29, 0.717) is 22.3 Å². The normalized spacial score (nSPS) is 18.3. The van der Waals surface area contributed by atoms with Gasteiger partial charge < -0.3 is 15.2 Å². The molecule has 1 aromatic heterocycles. The van der Waals surface area contributed by atoms with Gasteiger partial charge in [-0.3, -0.25) is 9.69 Å². The quantitative estimate of drug-likeness (QED) is 0.523. The number of benzene rings is 2. The van der Waals surface area contributed by atoms with Gasteiger partial charge >= 0.3 is 0 Å². The minimum Gasteiger partial charge on any atom is -0.371 e. The van der Waals surface area contributed by atoms with Crippen LogP contribution in [0.2, 0.25) is 0 Å². The number of halogens is 3. The van der Waals surface area contributed by atoms with Crippen molar-refractivity contribution in [3.05, 3.63) is 59.5 Å². The molecular formula is C26H29F3N4O. The molecule has 3 heterocycles. The standard InChI is InChI=1S/C26H29F3N4O/c1-17-5-6-21(27)20-14-22(31-24(17)20)25(34)30-18-3-2-4-19(13-18)33-11-8-26(9-12-33)7-10-32(16-26)15-23(28)29/h2-6,13-14,23,31H,7-12,15-16H2,1H3,(H,30,34). The van der Waals surface area contributed by atoms with Crippen LogP contribution in [0.15, 0.2) is 42.5 Å². The maximum absolute atomic E-state index is 14.1. The maximum Gasteiger partial charge on any atom is 0.272 e. The first-order valence-electron chi connectivity index (χ1n) is 11.8. The summed E-state index contributed by atoms with van der Waals surface area (Å²) in [5.41, 5.74) is 3.64. The molecule has 2 saturated heterocycles. The van der Waals surface area contributed by atoms with Gasteiger partial charge in [0.25, 0.3) is 12.3 Å². The van der Waals surface area contributed by atoms with Crippen LogP contribution in [-0.2, 0) is 0 Å². The Labute approximate surface area is 196 Å². The summed E-state index contributed by atoms with van der Waals surface area (Å²) in [6.45, 7) is 4.97. The summed E-state index contributed by atoms with van der Waals surface area (Å²) in [7, 11) is 0. The number of nitrogens with zero attached hydrogens (tertiary/aromatic N) is 2. The van der Waals surface area contributed by atoms with E-state index in [1.165, 1.54) is 6.07 Å². The summed E-state index contributed by atoms with van der Waals surface area (Å²) in [6.07, 6.45) is 0.654. The van der Waals surface area contributed by atoms with Crippen LogP contribution in [-0.4, -0.2) is 54.9 Å². The van der Waals surface area contributed by atoms with E-state index in [9.17, 15) is 18.0 Å². The lowest BCUT2D eigenvalue weighted by Crippen LogP contribution is -2.42. The number of carbonyl (C=O) groups excluding carboxylic acids is 1. The van der Waals surface area contributed by atoms with Crippen LogP contribution in [0.4, 0.5) is 24.5 Å². The molecule has 0 radical (unpaired) electrons. The van der Waals surface area contributed by atoms with Crippen LogP contribution < -0.4 is 10.2 Å². The third-order valence-electron chi connectivity index (χ3n) is 7.40. The van der Waals surface area contributed by atoms with Gasteiger partial charge in [0.05, 0.1) is 12.1 Å². The summed E-state index contributed by atoms with van der Waals surface area (Å²) in [4.78, 5) is 20.1. The Hall–Kier alpha value is -3.00. The number of amides is 1. The molecule has 0 bridgehead atoms. The number of nitrogens with one attached hydrogen (secondary N) is 2. The highest BCUT2D eigenvalue weighted by atomic mass is 19.3. The van der Waals surface area contributed by atoms with Gasteiger partial charge in [0.1, 0.15) is 11.5 Å². The lowest BCUT2D eigenvalue weighted by molar-refractivity contribution is 0.0905. The van der Waals surface area contributed by atoms with Crippen LogP contribution in [0.5, 0.6) is 0 Å². The molecule has 180 valence electrons. The fourth-order valence-corrected chi connectivity index (χ4v) is 5.45. The number of alkyl halides is 2. The van der Waals surface area contributed by atoms with E-state index < -0.39 is 6.43 Å². The molecule has 34 heavy (non-hydrogen) atoms. The molecular weight excluding hydrogens is 441 g/mol. The SMILES string of the molecule is Cc1ccc(F)c2cc(C(=O)Nc3cccc(N4CCC5(CCN(CC(F)F)C5)CC4)c3)[nH]c12. The predicted molar refractivity (Wildman–Crippen MR) is 128 cm³/mol. The number of hydrogen-bond acceptors (Lipinski definition) is 3. The molecule has 8 heteroatoms. The summed E-state index contributed by atoms with van der Waals surface area (Å²) < 4.78 is 39.6. The van der Waals surface area contributed by atoms with Gasteiger partial charge in [-0.05, 0) is 74.0 Å². The number of anilines is 2. The Morgan fingerprint density at radius 1 is 1.12 bits per heavy atom. The molecule has 2 aromatic carbocycles. The summed E-state index contributed by atoms with van der Waals surface area (Å²) in [5.74, 6) is -0.685. The highest BCUT2D eigenvalue weighted by molar-refractivity contribution is 6.06. The van der Waals surface area contributed by atoms with Crippen molar-refractivity contribution in [3.63, 3.8) is 0 Å². The zero-order chi connectivity index (χ0) is 23.9. The average Bonchev–Trinajstić information content (AvgIpc) is 3.43.